The van der Waals surface area contributed by atoms with Crippen LogP contribution < -0.4 is 0 Å². The van der Waals surface area contributed by atoms with Gasteiger partial charge in [0.2, 0.25) is 5.91 Å². The SMILES string of the molecule is C=CCN(C)C(=O)C1CC/C(=C\C)C1=O. The number of ketones is 1. The number of carbonyl (C=O) groups excluding carboxylic acids is 2. The lowest BCUT2D eigenvalue weighted by molar-refractivity contribution is -0.137. The average Bonchev–Trinajstić information content (AvgIpc) is 2.59. The molecular formula is C12H17NO2. The highest BCUT2D eigenvalue weighted by atomic mass is 16.2. The number of likely N-dealkylation sites (N-methyl/N-ethyl adjacent to an activating group) is 1. The number of carbonyl (C=O) groups is 2. The Morgan fingerprint density at radius 2 is 2.33 bits per heavy atom. The minimum Gasteiger partial charge on any atom is -0.341 e. The largest absolute Gasteiger partial charge is 0.341 e. The van der Waals surface area contributed by atoms with Gasteiger partial charge in [-0.05, 0) is 25.3 Å². The molecule has 1 aliphatic rings. The van der Waals surface area contributed by atoms with E-state index in [-0.39, 0.29) is 11.7 Å². The molecule has 0 aromatic carbocycles. The lowest BCUT2D eigenvalue weighted by atomic mass is 10.0. The Bertz CT molecular complexity index is 318. The van der Waals surface area contributed by atoms with Crippen LogP contribution in [0.3, 0.4) is 0 Å². The van der Waals surface area contributed by atoms with Crippen LogP contribution in [0.15, 0.2) is 24.3 Å². The summed E-state index contributed by atoms with van der Waals surface area (Å²) in [7, 11) is 1.70. The Balaban J connectivity index is 2.70. The quantitative estimate of drug-likeness (QED) is 0.400. The van der Waals surface area contributed by atoms with E-state index in [1.165, 1.54) is 0 Å². The predicted molar refractivity (Wildman–Crippen MR) is 59.3 cm³/mol. The van der Waals surface area contributed by atoms with Crippen LogP contribution in [0.4, 0.5) is 0 Å². The molecule has 1 unspecified atom stereocenters. The third-order valence-electron chi connectivity index (χ3n) is 2.76. The molecule has 1 aliphatic carbocycles. The average molecular weight is 207 g/mol. The van der Waals surface area contributed by atoms with E-state index in [1.54, 1.807) is 18.0 Å². The molecule has 0 bridgehead atoms. The van der Waals surface area contributed by atoms with Crippen molar-refractivity contribution in [2.75, 3.05) is 13.6 Å². The summed E-state index contributed by atoms with van der Waals surface area (Å²) >= 11 is 0. The third kappa shape index (κ3) is 2.35. The lowest BCUT2D eigenvalue weighted by Gasteiger charge is -2.18. The van der Waals surface area contributed by atoms with Gasteiger partial charge in [0.15, 0.2) is 5.78 Å². The maximum atomic E-state index is 11.8. The highest BCUT2D eigenvalue weighted by Crippen LogP contribution is 2.27. The molecule has 1 rings (SSSR count). The van der Waals surface area contributed by atoms with Crippen molar-refractivity contribution in [2.45, 2.75) is 19.8 Å². The molecule has 1 atom stereocenters. The first-order valence-electron chi connectivity index (χ1n) is 5.17. The first-order valence-corrected chi connectivity index (χ1v) is 5.17. The molecule has 15 heavy (non-hydrogen) atoms. The summed E-state index contributed by atoms with van der Waals surface area (Å²) in [5, 5.41) is 0. The Kier molecular flexibility index (Phi) is 3.83. The molecule has 3 nitrogen and oxygen atoms in total. The molecule has 0 spiro atoms. The Hall–Kier alpha value is -1.38. The van der Waals surface area contributed by atoms with Crippen LogP contribution in [0.2, 0.25) is 0 Å². The van der Waals surface area contributed by atoms with E-state index in [0.717, 1.165) is 12.0 Å². The fourth-order valence-electron chi connectivity index (χ4n) is 1.85. The second-order valence-electron chi connectivity index (χ2n) is 3.78. The molecule has 0 aliphatic heterocycles. The molecule has 1 fully saturated rings. The minimum absolute atomic E-state index is 0.00147. The first-order chi connectivity index (χ1) is 7.11. The van der Waals surface area contributed by atoms with Crippen molar-refractivity contribution in [3.05, 3.63) is 24.3 Å². The number of hydrogen-bond donors (Lipinski definition) is 0. The predicted octanol–water partition coefficient (Wildman–Crippen LogP) is 1.56. The van der Waals surface area contributed by atoms with E-state index in [0.29, 0.717) is 13.0 Å². The molecule has 0 radical (unpaired) electrons. The van der Waals surface area contributed by atoms with Gasteiger partial charge in [0.25, 0.3) is 0 Å². The molecular weight excluding hydrogens is 190 g/mol. The van der Waals surface area contributed by atoms with Crippen LogP contribution in [0, 0.1) is 5.92 Å². The van der Waals surface area contributed by atoms with E-state index >= 15 is 0 Å². The second-order valence-corrected chi connectivity index (χ2v) is 3.78. The van der Waals surface area contributed by atoms with E-state index in [1.807, 2.05) is 13.0 Å². The summed E-state index contributed by atoms with van der Waals surface area (Å²) < 4.78 is 0. The highest BCUT2D eigenvalue weighted by molar-refractivity contribution is 6.11. The summed E-state index contributed by atoms with van der Waals surface area (Å²) in [6.45, 7) is 5.90. The van der Waals surface area contributed by atoms with Gasteiger partial charge in [0.05, 0.1) is 0 Å². The molecule has 1 saturated carbocycles. The second kappa shape index (κ2) is 4.91. The van der Waals surface area contributed by atoms with Gasteiger partial charge in [-0.25, -0.2) is 0 Å². The highest BCUT2D eigenvalue weighted by Gasteiger charge is 2.35. The van der Waals surface area contributed by atoms with Gasteiger partial charge in [-0.1, -0.05) is 12.2 Å². The van der Waals surface area contributed by atoms with Gasteiger partial charge in [-0.15, -0.1) is 6.58 Å². The fourth-order valence-corrected chi connectivity index (χ4v) is 1.85. The van der Waals surface area contributed by atoms with Crippen molar-refractivity contribution in [2.24, 2.45) is 5.92 Å². The summed E-state index contributed by atoms with van der Waals surface area (Å²) in [5.74, 6) is -0.545. The van der Waals surface area contributed by atoms with E-state index in [2.05, 4.69) is 6.58 Å². The number of amides is 1. The number of rotatable bonds is 3. The van der Waals surface area contributed by atoms with Crippen molar-refractivity contribution in [1.29, 1.82) is 0 Å². The Labute approximate surface area is 90.5 Å². The van der Waals surface area contributed by atoms with Crippen molar-refractivity contribution >= 4 is 11.7 Å². The van der Waals surface area contributed by atoms with Gasteiger partial charge < -0.3 is 4.90 Å². The summed E-state index contributed by atoms with van der Waals surface area (Å²) in [4.78, 5) is 25.1. The number of hydrogen-bond acceptors (Lipinski definition) is 2. The van der Waals surface area contributed by atoms with Crippen LogP contribution in [-0.4, -0.2) is 30.2 Å². The van der Waals surface area contributed by atoms with E-state index in [4.69, 9.17) is 0 Å². The summed E-state index contributed by atoms with van der Waals surface area (Å²) in [6, 6.07) is 0. The maximum Gasteiger partial charge on any atom is 0.233 e. The maximum absolute atomic E-state index is 11.8. The van der Waals surface area contributed by atoms with Crippen LogP contribution in [0.5, 0.6) is 0 Å². The van der Waals surface area contributed by atoms with Gasteiger partial charge in [-0.2, -0.15) is 0 Å². The standard InChI is InChI=1S/C12H17NO2/c1-4-8-13(3)12(15)10-7-6-9(5-2)11(10)14/h4-5,10H,1,6-8H2,2-3H3/b9-5+. The van der Waals surface area contributed by atoms with E-state index < -0.39 is 5.92 Å². The molecule has 0 heterocycles. The Morgan fingerprint density at radius 3 is 2.80 bits per heavy atom. The van der Waals surface area contributed by atoms with Crippen LogP contribution in [0.25, 0.3) is 0 Å². The zero-order valence-corrected chi connectivity index (χ0v) is 9.32. The monoisotopic (exact) mass is 207 g/mol. The molecule has 0 N–H and O–H groups in total. The van der Waals surface area contributed by atoms with E-state index in [9.17, 15) is 9.59 Å². The molecule has 0 aromatic rings. The third-order valence-corrected chi connectivity index (χ3v) is 2.76. The molecule has 3 heteroatoms. The van der Waals surface area contributed by atoms with Gasteiger partial charge >= 0.3 is 0 Å². The number of allylic oxidation sites excluding steroid dienone is 2. The summed E-state index contributed by atoms with van der Waals surface area (Å²) in [6.07, 6.45) is 4.85. The van der Waals surface area contributed by atoms with Crippen molar-refractivity contribution in [3.63, 3.8) is 0 Å². The van der Waals surface area contributed by atoms with Crippen molar-refractivity contribution < 1.29 is 9.59 Å². The molecule has 1 amide bonds. The van der Waals surface area contributed by atoms with Crippen LogP contribution >= 0.6 is 0 Å². The molecule has 0 saturated heterocycles. The normalized spacial score (nSPS) is 23.2. The number of Topliss-reactive ketones (excluding diaryl/α,β-unsaturated/α-hetero) is 1. The van der Waals surface area contributed by atoms with Gasteiger partial charge in [-0.3, -0.25) is 9.59 Å². The Morgan fingerprint density at radius 1 is 1.67 bits per heavy atom. The lowest BCUT2D eigenvalue weighted by Crippen LogP contribution is -2.35. The first kappa shape index (κ1) is 11.7. The van der Waals surface area contributed by atoms with Gasteiger partial charge in [0.1, 0.15) is 5.92 Å². The minimum atomic E-state index is -0.457. The smallest absolute Gasteiger partial charge is 0.233 e. The van der Waals surface area contributed by atoms with Crippen LogP contribution in [-0.2, 0) is 9.59 Å². The topological polar surface area (TPSA) is 37.4 Å². The van der Waals surface area contributed by atoms with Gasteiger partial charge in [0, 0.05) is 13.6 Å². The molecule has 0 aromatic heterocycles. The van der Waals surface area contributed by atoms with Crippen molar-refractivity contribution in [3.8, 4) is 0 Å². The molecule has 82 valence electrons. The van der Waals surface area contributed by atoms with Crippen LogP contribution in [0.1, 0.15) is 19.8 Å². The van der Waals surface area contributed by atoms with Crippen molar-refractivity contribution in [1.82, 2.24) is 4.90 Å². The number of nitrogens with zero attached hydrogens (tertiary/aromatic N) is 1. The summed E-state index contributed by atoms with van der Waals surface area (Å²) in [5.41, 5.74) is 0.792. The fraction of sp³-hybridized carbons (Fsp3) is 0.500. The zero-order chi connectivity index (χ0) is 11.4. The zero-order valence-electron chi connectivity index (χ0n) is 9.32.